The lowest BCUT2D eigenvalue weighted by atomic mass is 10.1. The van der Waals surface area contributed by atoms with Gasteiger partial charge in [0, 0.05) is 17.7 Å². The molecule has 3 heteroatoms. The Morgan fingerprint density at radius 3 is 2.61 bits per heavy atom. The Kier molecular flexibility index (Phi) is 2.95. The van der Waals surface area contributed by atoms with Crippen molar-refractivity contribution >= 4 is 0 Å². The van der Waals surface area contributed by atoms with Crippen LogP contribution in [0, 0.1) is 11.8 Å². The molecule has 18 heavy (non-hydrogen) atoms. The molecule has 0 aliphatic heterocycles. The van der Waals surface area contributed by atoms with Crippen molar-refractivity contribution in [3.8, 4) is 0 Å². The van der Waals surface area contributed by atoms with Gasteiger partial charge in [0.25, 0.3) is 0 Å². The lowest BCUT2D eigenvalue weighted by molar-refractivity contribution is 0.307. The van der Waals surface area contributed by atoms with E-state index in [0.29, 0.717) is 23.8 Å². The third kappa shape index (κ3) is 1.79. The average molecular weight is 250 g/mol. The van der Waals surface area contributed by atoms with Crippen LogP contribution >= 0.6 is 0 Å². The summed E-state index contributed by atoms with van der Waals surface area (Å²) in [5.74, 6) is 1.80. The van der Waals surface area contributed by atoms with Crippen molar-refractivity contribution < 1.29 is 4.39 Å². The first-order chi connectivity index (χ1) is 8.65. The highest BCUT2D eigenvalue weighted by Crippen LogP contribution is 2.63. The lowest BCUT2D eigenvalue weighted by Gasteiger charge is -2.15. The Labute approximate surface area is 109 Å². The number of hydrogen-bond donors (Lipinski definition) is 0. The molecule has 0 aromatic carbocycles. The van der Waals surface area contributed by atoms with Crippen LogP contribution in [0.4, 0.5) is 4.39 Å². The Hall–Kier alpha value is -0.860. The maximum atomic E-state index is 13.3. The van der Waals surface area contributed by atoms with Gasteiger partial charge in [-0.2, -0.15) is 5.10 Å². The second-order valence-electron chi connectivity index (χ2n) is 6.04. The predicted octanol–water partition coefficient (Wildman–Crippen LogP) is 3.88. The number of alkyl halides is 1. The van der Waals surface area contributed by atoms with E-state index in [1.54, 1.807) is 0 Å². The smallest absolute Gasteiger partial charge is 0.101 e. The molecule has 0 N–H and O–H groups in total. The Balaban J connectivity index is 1.86. The zero-order valence-corrected chi connectivity index (χ0v) is 11.6. The Morgan fingerprint density at radius 2 is 2.06 bits per heavy atom. The highest BCUT2D eigenvalue weighted by molar-refractivity contribution is 5.27. The molecule has 2 nitrogen and oxygen atoms in total. The van der Waals surface area contributed by atoms with Crippen molar-refractivity contribution in [2.45, 2.75) is 64.6 Å². The number of aromatic nitrogens is 2. The first-order valence-electron chi connectivity index (χ1n) is 7.38. The van der Waals surface area contributed by atoms with Gasteiger partial charge < -0.3 is 0 Å². The lowest BCUT2D eigenvalue weighted by Crippen LogP contribution is -2.11. The van der Waals surface area contributed by atoms with Crippen LogP contribution in [0.25, 0.3) is 0 Å². The van der Waals surface area contributed by atoms with Crippen LogP contribution in [0.15, 0.2) is 6.07 Å². The topological polar surface area (TPSA) is 17.8 Å². The summed E-state index contributed by atoms with van der Waals surface area (Å²) in [6.45, 7) is 6.58. The molecule has 0 spiro atoms. The zero-order chi connectivity index (χ0) is 12.9. The van der Waals surface area contributed by atoms with E-state index in [2.05, 4.69) is 31.5 Å². The van der Waals surface area contributed by atoms with E-state index < -0.39 is 6.17 Å². The molecule has 2 aliphatic carbocycles. The normalized spacial score (nSPS) is 35.6. The van der Waals surface area contributed by atoms with Gasteiger partial charge in [-0.3, -0.25) is 4.68 Å². The maximum absolute atomic E-state index is 13.3. The molecule has 0 amide bonds. The third-order valence-corrected chi connectivity index (χ3v) is 4.91. The fourth-order valence-corrected chi connectivity index (χ4v) is 3.62. The van der Waals surface area contributed by atoms with E-state index in [9.17, 15) is 4.39 Å². The summed E-state index contributed by atoms with van der Waals surface area (Å²) in [7, 11) is 0. The van der Waals surface area contributed by atoms with Gasteiger partial charge in [0.15, 0.2) is 0 Å². The minimum atomic E-state index is -0.540. The van der Waals surface area contributed by atoms with Crippen LogP contribution in [0.3, 0.4) is 0 Å². The van der Waals surface area contributed by atoms with E-state index in [0.717, 1.165) is 25.7 Å². The number of nitrogens with zero attached hydrogens (tertiary/aromatic N) is 2. The van der Waals surface area contributed by atoms with Gasteiger partial charge in [0.1, 0.15) is 6.17 Å². The van der Waals surface area contributed by atoms with Crippen molar-refractivity contribution in [2.24, 2.45) is 11.8 Å². The van der Waals surface area contributed by atoms with Gasteiger partial charge in [-0.15, -0.1) is 0 Å². The summed E-state index contributed by atoms with van der Waals surface area (Å²) in [6, 6.07) is 2.73. The van der Waals surface area contributed by atoms with Gasteiger partial charge in [0.2, 0.25) is 0 Å². The SMILES string of the molecule is CCc1cc(C2C3CC(F)CC32)n(C(C)CC)n1. The summed E-state index contributed by atoms with van der Waals surface area (Å²) < 4.78 is 15.5. The van der Waals surface area contributed by atoms with Crippen molar-refractivity contribution in [1.29, 1.82) is 0 Å². The maximum Gasteiger partial charge on any atom is 0.101 e. The fraction of sp³-hybridized carbons (Fsp3) is 0.800. The van der Waals surface area contributed by atoms with Gasteiger partial charge in [-0.05, 0) is 50.5 Å². The van der Waals surface area contributed by atoms with Crippen LogP contribution in [-0.2, 0) is 6.42 Å². The zero-order valence-electron chi connectivity index (χ0n) is 11.6. The standard InChI is InChI=1S/C15H23FN2/c1-4-9(3)18-14(8-11(5-2)17-18)15-12-6-10(16)7-13(12)15/h8-10,12-13,15H,4-7H2,1-3H3. The molecular formula is C15H23FN2. The molecule has 1 aromatic rings. The van der Waals surface area contributed by atoms with Crippen molar-refractivity contribution in [3.05, 3.63) is 17.5 Å². The summed E-state index contributed by atoms with van der Waals surface area (Å²) >= 11 is 0. The molecular weight excluding hydrogens is 227 g/mol. The molecule has 100 valence electrons. The molecule has 3 rings (SSSR count). The molecule has 2 fully saturated rings. The van der Waals surface area contributed by atoms with Crippen molar-refractivity contribution in [1.82, 2.24) is 9.78 Å². The second kappa shape index (κ2) is 4.36. The molecule has 0 bridgehead atoms. The summed E-state index contributed by atoms with van der Waals surface area (Å²) in [4.78, 5) is 0. The van der Waals surface area contributed by atoms with E-state index in [-0.39, 0.29) is 0 Å². The van der Waals surface area contributed by atoms with Crippen LogP contribution in [-0.4, -0.2) is 16.0 Å². The highest BCUT2D eigenvalue weighted by Gasteiger charge is 2.58. The molecule has 0 radical (unpaired) electrons. The van der Waals surface area contributed by atoms with Gasteiger partial charge >= 0.3 is 0 Å². The quantitative estimate of drug-likeness (QED) is 0.793. The summed E-state index contributed by atoms with van der Waals surface area (Å²) in [5.41, 5.74) is 2.56. The largest absolute Gasteiger partial charge is 0.266 e. The molecule has 2 aliphatic rings. The third-order valence-electron chi connectivity index (χ3n) is 4.91. The second-order valence-corrected chi connectivity index (χ2v) is 6.04. The van der Waals surface area contributed by atoms with E-state index in [4.69, 9.17) is 5.10 Å². The van der Waals surface area contributed by atoms with Crippen LogP contribution in [0.1, 0.15) is 63.4 Å². The highest BCUT2D eigenvalue weighted by atomic mass is 19.1. The number of hydrogen-bond acceptors (Lipinski definition) is 1. The van der Waals surface area contributed by atoms with Crippen LogP contribution in [0.2, 0.25) is 0 Å². The Morgan fingerprint density at radius 1 is 1.39 bits per heavy atom. The minimum Gasteiger partial charge on any atom is -0.266 e. The minimum absolute atomic E-state index is 0.461. The number of aryl methyl sites for hydroxylation is 1. The van der Waals surface area contributed by atoms with Crippen LogP contribution in [0.5, 0.6) is 0 Å². The molecule has 0 saturated heterocycles. The van der Waals surface area contributed by atoms with Gasteiger partial charge in [-0.25, -0.2) is 4.39 Å². The predicted molar refractivity (Wildman–Crippen MR) is 70.5 cm³/mol. The monoisotopic (exact) mass is 250 g/mol. The average Bonchev–Trinajstić information content (AvgIpc) is 2.78. The first-order valence-corrected chi connectivity index (χ1v) is 7.38. The number of rotatable bonds is 4. The van der Waals surface area contributed by atoms with Crippen LogP contribution < -0.4 is 0 Å². The number of fused-ring (bicyclic) bond motifs is 1. The molecule has 1 aromatic heterocycles. The van der Waals surface area contributed by atoms with E-state index >= 15 is 0 Å². The molecule has 3 atom stereocenters. The van der Waals surface area contributed by atoms with Crippen molar-refractivity contribution in [3.63, 3.8) is 0 Å². The first kappa shape index (κ1) is 12.2. The van der Waals surface area contributed by atoms with Gasteiger partial charge in [-0.1, -0.05) is 13.8 Å². The summed E-state index contributed by atoms with van der Waals surface area (Å²) in [6.07, 6.45) is 3.11. The van der Waals surface area contributed by atoms with Crippen molar-refractivity contribution in [2.75, 3.05) is 0 Å². The molecule has 3 unspecified atom stereocenters. The number of halogens is 1. The summed E-state index contributed by atoms with van der Waals surface area (Å²) in [5, 5.41) is 4.73. The molecule has 2 saturated carbocycles. The Bertz CT molecular complexity index is 428. The van der Waals surface area contributed by atoms with E-state index in [1.165, 1.54) is 11.4 Å². The van der Waals surface area contributed by atoms with E-state index in [1.807, 2.05) is 0 Å². The molecule has 1 heterocycles. The fourth-order valence-electron chi connectivity index (χ4n) is 3.62. The van der Waals surface area contributed by atoms with Gasteiger partial charge in [0.05, 0.1) is 5.69 Å².